The monoisotopic (exact) mass is 255 g/mol. The molecule has 0 atom stereocenters. The SMILES string of the molecule is CCc1ccccc1-n1nc(CCN)cc1C1CC1. The third kappa shape index (κ3) is 2.43. The summed E-state index contributed by atoms with van der Waals surface area (Å²) in [5.41, 5.74) is 10.7. The topological polar surface area (TPSA) is 43.8 Å². The Morgan fingerprint density at radius 1 is 1.32 bits per heavy atom. The summed E-state index contributed by atoms with van der Waals surface area (Å²) in [7, 11) is 0. The summed E-state index contributed by atoms with van der Waals surface area (Å²) in [6.45, 7) is 2.86. The minimum absolute atomic E-state index is 0.663. The maximum Gasteiger partial charge on any atom is 0.0680 e. The maximum absolute atomic E-state index is 5.66. The van der Waals surface area contributed by atoms with Crippen LogP contribution in [-0.2, 0) is 12.8 Å². The molecule has 1 aliphatic carbocycles. The van der Waals surface area contributed by atoms with Crippen LogP contribution in [0.1, 0.15) is 42.6 Å². The molecule has 0 aliphatic heterocycles. The van der Waals surface area contributed by atoms with Crippen LogP contribution >= 0.6 is 0 Å². The van der Waals surface area contributed by atoms with Gasteiger partial charge in [0.05, 0.1) is 11.4 Å². The van der Waals surface area contributed by atoms with Crippen molar-refractivity contribution in [3.05, 3.63) is 47.3 Å². The van der Waals surface area contributed by atoms with Crippen molar-refractivity contribution in [1.82, 2.24) is 9.78 Å². The molecule has 3 rings (SSSR count). The second-order valence-electron chi connectivity index (χ2n) is 5.27. The zero-order valence-corrected chi connectivity index (χ0v) is 11.5. The van der Waals surface area contributed by atoms with Gasteiger partial charge in [0.15, 0.2) is 0 Å². The van der Waals surface area contributed by atoms with Gasteiger partial charge in [-0.3, -0.25) is 0 Å². The summed E-state index contributed by atoms with van der Waals surface area (Å²) in [6.07, 6.45) is 4.48. The zero-order chi connectivity index (χ0) is 13.2. The van der Waals surface area contributed by atoms with E-state index in [0.717, 1.165) is 18.5 Å². The van der Waals surface area contributed by atoms with Gasteiger partial charge in [0.1, 0.15) is 0 Å². The van der Waals surface area contributed by atoms with E-state index in [1.54, 1.807) is 0 Å². The summed E-state index contributed by atoms with van der Waals surface area (Å²) in [5.74, 6) is 0.698. The first-order valence-corrected chi connectivity index (χ1v) is 7.20. The van der Waals surface area contributed by atoms with Crippen molar-refractivity contribution >= 4 is 0 Å². The first-order chi connectivity index (χ1) is 9.33. The van der Waals surface area contributed by atoms with Crippen molar-refractivity contribution in [3.8, 4) is 5.69 Å². The minimum Gasteiger partial charge on any atom is -0.330 e. The van der Waals surface area contributed by atoms with Crippen LogP contribution in [-0.4, -0.2) is 16.3 Å². The van der Waals surface area contributed by atoms with Gasteiger partial charge in [-0.15, -0.1) is 0 Å². The fourth-order valence-electron chi connectivity index (χ4n) is 2.60. The van der Waals surface area contributed by atoms with Crippen molar-refractivity contribution < 1.29 is 0 Å². The summed E-state index contributed by atoms with van der Waals surface area (Å²) < 4.78 is 2.15. The number of aryl methyl sites for hydroxylation is 1. The first kappa shape index (κ1) is 12.4. The number of hydrogen-bond donors (Lipinski definition) is 1. The van der Waals surface area contributed by atoms with Crippen LogP contribution in [0.2, 0.25) is 0 Å². The summed E-state index contributed by atoms with van der Waals surface area (Å²) in [5, 5.41) is 4.78. The lowest BCUT2D eigenvalue weighted by Gasteiger charge is -2.11. The molecule has 2 aromatic rings. The van der Waals surface area contributed by atoms with E-state index in [1.165, 1.54) is 29.8 Å². The molecule has 0 bridgehead atoms. The molecular formula is C16H21N3. The number of aromatic nitrogens is 2. The minimum atomic E-state index is 0.663. The molecule has 0 amide bonds. The Hall–Kier alpha value is -1.61. The lowest BCUT2D eigenvalue weighted by molar-refractivity contribution is 0.773. The number of para-hydroxylation sites is 1. The van der Waals surface area contributed by atoms with Crippen LogP contribution in [0.15, 0.2) is 30.3 Å². The number of rotatable bonds is 5. The molecule has 0 spiro atoms. The average Bonchev–Trinajstić information content (AvgIpc) is 3.20. The van der Waals surface area contributed by atoms with Crippen LogP contribution in [0.3, 0.4) is 0 Å². The molecule has 0 unspecified atom stereocenters. The molecule has 3 nitrogen and oxygen atoms in total. The van der Waals surface area contributed by atoms with Crippen molar-refractivity contribution in [3.63, 3.8) is 0 Å². The highest BCUT2D eigenvalue weighted by Crippen LogP contribution is 2.41. The van der Waals surface area contributed by atoms with Crippen molar-refractivity contribution in [2.75, 3.05) is 6.54 Å². The molecule has 0 saturated heterocycles. The summed E-state index contributed by atoms with van der Waals surface area (Å²) in [4.78, 5) is 0. The highest BCUT2D eigenvalue weighted by Gasteiger charge is 2.28. The summed E-state index contributed by atoms with van der Waals surface area (Å²) >= 11 is 0. The number of hydrogen-bond acceptors (Lipinski definition) is 2. The van der Waals surface area contributed by atoms with E-state index in [1.807, 2.05) is 0 Å². The van der Waals surface area contributed by atoms with Gasteiger partial charge in [-0.2, -0.15) is 5.10 Å². The molecule has 19 heavy (non-hydrogen) atoms. The van der Waals surface area contributed by atoms with Gasteiger partial charge in [0.25, 0.3) is 0 Å². The smallest absolute Gasteiger partial charge is 0.0680 e. The van der Waals surface area contributed by atoms with E-state index < -0.39 is 0 Å². The maximum atomic E-state index is 5.66. The van der Waals surface area contributed by atoms with Crippen LogP contribution < -0.4 is 5.73 Å². The fraction of sp³-hybridized carbons (Fsp3) is 0.438. The standard InChI is InChI=1S/C16H21N3/c1-2-12-5-3-4-6-15(12)19-16(13-7-8-13)11-14(18-19)9-10-17/h3-6,11,13H,2,7-10,17H2,1H3. The Bertz CT molecular complexity index is 567. The highest BCUT2D eigenvalue weighted by molar-refractivity contribution is 5.43. The third-order valence-electron chi connectivity index (χ3n) is 3.78. The van der Waals surface area contributed by atoms with E-state index in [9.17, 15) is 0 Å². The van der Waals surface area contributed by atoms with Crippen LogP contribution in [0.5, 0.6) is 0 Å². The average molecular weight is 255 g/mol. The van der Waals surface area contributed by atoms with Crippen LogP contribution in [0.4, 0.5) is 0 Å². The van der Waals surface area contributed by atoms with E-state index in [4.69, 9.17) is 10.8 Å². The van der Waals surface area contributed by atoms with Crippen molar-refractivity contribution in [2.45, 2.75) is 38.5 Å². The zero-order valence-electron chi connectivity index (χ0n) is 11.5. The van der Waals surface area contributed by atoms with Crippen LogP contribution in [0.25, 0.3) is 5.69 Å². The molecule has 1 aliphatic rings. The van der Waals surface area contributed by atoms with E-state index in [0.29, 0.717) is 12.5 Å². The fourth-order valence-corrected chi connectivity index (χ4v) is 2.60. The first-order valence-electron chi connectivity index (χ1n) is 7.20. The van der Waals surface area contributed by atoms with Crippen molar-refractivity contribution in [1.29, 1.82) is 0 Å². The summed E-state index contributed by atoms with van der Waals surface area (Å²) in [6, 6.07) is 10.8. The number of benzene rings is 1. The molecule has 1 heterocycles. The molecule has 0 radical (unpaired) electrons. The Kier molecular flexibility index (Phi) is 3.38. The largest absolute Gasteiger partial charge is 0.330 e. The predicted octanol–water partition coefficient (Wildman–Crippen LogP) is 2.81. The molecule has 100 valence electrons. The van der Waals surface area contributed by atoms with E-state index in [-0.39, 0.29) is 0 Å². The van der Waals surface area contributed by atoms with Gasteiger partial charge in [-0.25, -0.2) is 4.68 Å². The van der Waals surface area contributed by atoms with E-state index in [2.05, 4.69) is 41.9 Å². The molecule has 1 aromatic heterocycles. The lowest BCUT2D eigenvalue weighted by Crippen LogP contribution is -2.06. The van der Waals surface area contributed by atoms with Gasteiger partial charge >= 0.3 is 0 Å². The Balaban J connectivity index is 2.07. The lowest BCUT2D eigenvalue weighted by atomic mass is 10.1. The van der Waals surface area contributed by atoms with E-state index >= 15 is 0 Å². The van der Waals surface area contributed by atoms with Gasteiger partial charge in [0.2, 0.25) is 0 Å². The normalized spacial score (nSPS) is 14.8. The second-order valence-corrected chi connectivity index (χ2v) is 5.27. The molecule has 1 aromatic carbocycles. The molecule has 1 fully saturated rings. The highest BCUT2D eigenvalue weighted by atomic mass is 15.3. The second kappa shape index (κ2) is 5.17. The molecule has 1 saturated carbocycles. The van der Waals surface area contributed by atoms with Crippen LogP contribution in [0, 0.1) is 0 Å². The Morgan fingerprint density at radius 2 is 2.11 bits per heavy atom. The Morgan fingerprint density at radius 3 is 2.79 bits per heavy atom. The number of nitrogens with two attached hydrogens (primary N) is 1. The molecule has 3 heteroatoms. The van der Waals surface area contributed by atoms with Gasteiger partial charge in [-0.05, 0) is 43.5 Å². The van der Waals surface area contributed by atoms with Gasteiger partial charge < -0.3 is 5.73 Å². The molecule has 2 N–H and O–H groups in total. The quantitative estimate of drug-likeness (QED) is 0.892. The van der Waals surface area contributed by atoms with Gasteiger partial charge in [-0.1, -0.05) is 25.1 Å². The Labute approximate surface area is 114 Å². The predicted molar refractivity (Wildman–Crippen MR) is 77.7 cm³/mol. The van der Waals surface area contributed by atoms with Gasteiger partial charge in [0, 0.05) is 18.0 Å². The molecular weight excluding hydrogens is 234 g/mol. The number of nitrogens with zero attached hydrogens (tertiary/aromatic N) is 2. The third-order valence-corrected chi connectivity index (χ3v) is 3.78. The van der Waals surface area contributed by atoms with Crippen molar-refractivity contribution in [2.24, 2.45) is 5.73 Å².